The van der Waals surface area contributed by atoms with Crippen LogP contribution in [0.3, 0.4) is 0 Å². The summed E-state index contributed by atoms with van der Waals surface area (Å²) in [4.78, 5) is 13.5. The summed E-state index contributed by atoms with van der Waals surface area (Å²) in [6, 6.07) is 0. The van der Waals surface area contributed by atoms with Gasteiger partial charge in [-0.3, -0.25) is 4.79 Å². The molecule has 0 N–H and O–H groups in total. The summed E-state index contributed by atoms with van der Waals surface area (Å²) in [7, 11) is 0. The molecule has 1 amide bonds. The molecule has 0 atom stereocenters. The molecular weight excluding hydrogens is 198 g/mol. The summed E-state index contributed by atoms with van der Waals surface area (Å²) < 4.78 is 0. The molecule has 1 rings (SSSR count). The summed E-state index contributed by atoms with van der Waals surface area (Å²) in [6.07, 6.45) is 8.97. The van der Waals surface area contributed by atoms with Gasteiger partial charge < -0.3 is 4.90 Å². The van der Waals surface area contributed by atoms with Crippen molar-refractivity contribution in [1.82, 2.24) is 4.90 Å². The first-order valence-corrected chi connectivity index (χ1v) is 6.77. The van der Waals surface area contributed by atoms with Gasteiger partial charge in [-0.05, 0) is 24.7 Å². The second-order valence-corrected chi connectivity index (χ2v) is 5.94. The highest BCUT2D eigenvalue weighted by atomic mass is 16.2. The Hall–Kier alpha value is -0.530. The van der Waals surface area contributed by atoms with Crippen LogP contribution in [-0.2, 0) is 4.79 Å². The number of hydrogen-bond acceptors (Lipinski definition) is 1. The molecule has 0 aromatic rings. The van der Waals surface area contributed by atoms with E-state index in [4.69, 9.17) is 0 Å². The highest BCUT2D eigenvalue weighted by Gasteiger charge is 2.20. The number of nitrogens with zero attached hydrogens (tertiary/aromatic N) is 1. The fourth-order valence-corrected chi connectivity index (χ4v) is 2.43. The van der Waals surface area contributed by atoms with Crippen molar-refractivity contribution in [3.63, 3.8) is 0 Å². The maximum Gasteiger partial charge on any atom is 0.219 e. The summed E-state index contributed by atoms with van der Waals surface area (Å²) in [5.41, 5.74) is 0.401. The van der Waals surface area contributed by atoms with Crippen molar-refractivity contribution in [2.45, 2.75) is 65.7 Å². The third kappa shape index (κ3) is 5.00. The minimum absolute atomic E-state index is 0.245. The van der Waals surface area contributed by atoms with Gasteiger partial charge in [0.1, 0.15) is 0 Å². The van der Waals surface area contributed by atoms with E-state index in [1.54, 1.807) is 6.92 Å². The second kappa shape index (κ2) is 6.27. The monoisotopic (exact) mass is 225 g/mol. The number of carbonyl (C=O) groups is 1. The van der Waals surface area contributed by atoms with E-state index in [1.165, 1.54) is 38.5 Å². The average molecular weight is 225 g/mol. The normalized spacial score (nSPS) is 23.6. The lowest BCUT2D eigenvalue weighted by atomic mass is 9.83. The van der Waals surface area contributed by atoms with Crippen LogP contribution in [0.2, 0.25) is 0 Å². The van der Waals surface area contributed by atoms with Gasteiger partial charge in [0, 0.05) is 20.0 Å². The standard InChI is InChI=1S/C14H27NO/c1-13(16)15-11-8-6-4-5-7-9-14(2,3)10-12-15/h4-12H2,1-3H3. The Bertz CT molecular complexity index is 223. The van der Waals surface area contributed by atoms with Gasteiger partial charge in [0.15, 0.2) is 0 Å². The van der Waals surface area contributed by atoms with Crippen molar-refractivity contribution in [3.05, 3.63) is 0 Å². The van der Waals surface area contributed by atoms with Gasteiger partial charge in [0.2, 0.25) is 5.91 Å². The summed E-state index contributed by atoms with van der Waals surface area (Å²) >= 11 is 0. The predicted octanol–water partition coefficient (Wildman–Crippen LogP) is 3.61. The summed E-state index contributed by atoms with van der Waals surface area (Å²) in [5.74, 6) is 0.245. The highest BCUT2D eigenvalue weighted by Crippen LogP contribution is 2.29. The van der Waals surface area contributed by atoms with Gasteiger partial charge in [0.25, 0.3) is 0 Å². The van der Waals surface area contributed by atoms with Gasteiger partial charge in [0.05, 0.1) is 0 Å². The van der Waals surface area contributed by atoms with Crippen LogP contribution in [0.1, 0.15) is 65.7 Å². The van der Waals surface area contributed by atoms with Crippen molar-refractivity contribution in [3.8, 4) is 0 Å². The van der Waals surface area contributed by atoms with E-state index in [-0.39, 0.29) is 5.91 Å². The second-order valence-electron chi connectivity index (χ2n) is 5.94. The molecular formula is C14H27NO. The molecule has 0 aliphatic carbocycles. The van der Waals surface area contributed by atoms with Gasteiger partial charge in [-0.2, -0.15) is 0 Å². The summed E-state index contributed by atoms with van der Waals surface area (Å²) in [6.45, 7) is 8.28. The largest absolute Gasteiger partial charge is 0.343 e. The molecule has 1 fully saturated rings. The smallest absolute Gasteiger partial charge is 0.219 e. The summed E-state index contributed by atoms with van der Waals surface area (Å²) in [5, 5.41) is 0. The van der Waals surface area contributed by atoms with E-state index < -0.39 is 0 Å². The van der Waals surface area contributed by atoms with E-state index in [1.807, 2.05) is 4.90 Å². The molecule has 94 valence electrons. The zero-order chi connectivity index (χ0) is 12.0. The zero-order valence-electron chi connectivity index (χ0n) is 11.2. The van der Waals surface area contributed by atoms with Crippen LogP contribution >= 0.6 is 0 Å². The average Bonchev–Trinajstić information content (AvgIpc) is 2.22. The molecule has 1 heterocycles. The molecule has 0 bridgehead atoms. The number of carbonyl (C=O) groups excluding carboxylic acids is 1. The number of hydrogen-bond donors (Lipinski definition) is 0. The fraction of sp³-hybridized carbons (Fsp3) is 0.929. The van der Waals surface area contributed by atoms with Gasteiger partial charge in [-0.1, -0.05) is 39.5 Å². The van der Waals surface area contributed by atoms with E-state index in [0.717, 1.165) is 19.5 Å². The Morgan fingerprint density at radius 2 is 1.56 bits per heavy atom. The fourth-order valence-electron chi connectivity index (χ4n) is 2.43. The van der Waals surface area contributed by atoms with E-state index in [9.17, 15) is 4.79 Å². The quantitative estimate of drug-likeness (QED) is 0.617. The van der Waals surface area contributed by atoms with Gasteiger partial charge in [-0.15, -0.1) is 0 Å². The predicted molar refractivity (Wildman–Crippen MR) is 68.4 cm³/mol. The molecule has 0 saturated carbocycles. The molecule has 0 unspecified atom stereocenters. The zero-order valence-corrected chi connectivity index (χ0v) is 11.2. The minimum Gasteiger partial charge on any atom is -0.343 e. The lowest BCUT2D eigenvalue weighted by molar-refractivity contribution is -0.129. The Labute approximate surface area is 100 Å². The molecule has 2 heteroatoms. The van der Waals surface area contributed by atoms with Crippen LogP contribution < -0.4 is 0 Å². The van der Waals surface area contributed by atoms with Crippen LogP contribution in [0.15, 0.2) is 0 Å². The third-order valence-electron chi connectivity index (χ3n) is 3.79. The van der Waals surface area contributed by atoms with Crippen LogP contribution in [0.5, 0.6) is 0 Å². The first kappa shape index (κ1) is 13.5. The molecule has 0 aromatic carbocycles. The topological polar surface area (TPSA) is 20.3 Å². The van der Waals surface area contributed by atoms with Crippen LogP contribution in [-0.4, -0.2) is 23.9 Å². The first-order chi connectivity index (χ1) is 7.51. The van der Waals surface area contributed by atoms with Crippen LogP contribution in [0.25, 0.3) is 0 Å². The van der Waals surface area contributed by atoms with Gasteiger partial charge in [-0.25, -0.2) is 0 Å². The molecule has 0 radical (unpaired) electrons. The molecule has 1 saturated heterocycles. The van der Waals surface area contributed by atoms with Gasteiger partial charge >= 0.3 is 0 Å². The Balaban J connectivity index is 2.53. The lowest BCUT2D eigenvalue weighted by Gasteiger charge is -2.28. The molecule has 1 aliphatic rings. The Morgan fingerprint density at radius 3 is 2.25 bits per heavy atom. The molecule has 16 heavy (non-hydrogen) atoms. The molecule has 1 aliphatic heterocycles. The maximum absolute atomic E-state index is 11.5. The number of rotatable bonds is 0. The SMILES string of the molecule is CC(=O)N1CCCCCCCC(C)(C)CC1. The highest BCUT2D eigenvalue weighted by molar-refractivity contribution is 5.73. The third-order valence-corrected chi connectivity index (χ3v) is 3.79. The molecule has 2 nitrogen and oxygen atoms in total. The van der Waals surface area contributed by atoms with Crippen LogP contribution in [0.4, 0.5) is 0 Å². The van der Waals surface area contributed by atoms with Crippen LogP contribution in [0, 0.1) is 5.41 Å². The van der Waals surface area contributed by atoms with Crippen molar-refractivity contribution >= 4 is 5.91 Å². The Kier molecular flexibility index (Phi) is 5.30. The van der Waals surface area contributed by atoms with Crippen molar-refractivity contribution in [1.29, 1.82) is 0 Å². The van der Waals surface area contributed by atoms with Crippen molar-refractivity contribution < 1.29 is 4.79 Å². The lowest BCUT2D eigenvalue weighted by Crippen LogP contribution is -2.33. The van der Waals surface area contributed by atoms with E-state index in [2.05, 4.69) is 13.8 Å². The van der Waals surface area contributed by atoms with Crippen molar-refractivity contribution in [2.75, 3.05) is 13.1 Å². The molecule has 0 aromatic heterocycles. The van der Waals surface area contributed by atoms with Crippen molar-refractivity contribution in [2.24, 2.45) is 5.41 Å². The van der Waals surface area contributed by atoms with E-state index >= 15 is 0 Å². The van der Waals surface area contributed by atoms with E-state index in [0.29, 0.717) is 5.41 Å². The minimum atomic E-state index is 0.245. The molecule has 0 spiro atoms. The maximum atomic E-state index is 11.5. The first-order valence-electron chi connectivity index (χ1n) is 6.77. The Morgan fingerprint density at radius 1 is 0.938 bits per heavy atom. The number of amides is 1.